The van der Waals surface area contributed by atoms with Crippen molar-refractivity contribution in [1.82, 2.24) is 4.72 Å². The maximum absolute atomic E-state index is 12.5. The predicted molar refractivity (Wildman–Crippen MR) is 86.5 cm³/mol. The summed E-state index contributed by atoms with van der Waals surface area (Å²) in [5.74, 6) is 0. The fourth-order valence-electron chi connectivity index (χ4n) is 2.67. The fraction of sp³-hybridized carbons (Fsp3) is 0.200. The molecule has 0 spiro atoms. The van der Waals surface area contributed by atoms with Crippen molar-refractivity contribution < 1.29 is 8.42 Å². The van der Waals surface area contributed by atoms with Crippen LogP contribution in [0.3, 0.4) is 0 Å². The van der Waals surface area contributed by atoms with Crippen LogP contribution in [0, 0.1) is 0 Å². The van der Waals surface area contributed by atoms with Gasteiger partial charge in [0.25, 0.3) is 0 Å². The van der Waals surface area contributed by atoms with Gasteiger partial charge >= 0.3 is 0 Å². The third-order valence-corrected chi connectivity index (χ3v) is 5.71. The molecule has 0 aliphatic heterocycles. The molecule has 110 valence electrons. The quantitative estimate of drug-likeness (QED) is 0.819. The van der Waals surface area contributed by atoms with Crippen LogP contribution in [-0.2, 0) is 22.9 Å². The Morgan fingerprint density at radius 3 is 2.33 bits per heavy atom. The highest BCUT2D eigenvalue weighted by atomic mass is 79.9. The number of anilines is 1. The second-order valence-corrected chi connectivity index (χ2v) is 7.78. The van der Waals surface area contributed by atoms with E-state index in [0.29, 0.717) is 17.3 Å². The summed E-state index contributed by atoms with van der Waals surface area (Å²) in [5, 5.41) is 0. The number of fused-ring (bicyclic) bond motifs is 1. The largest absolute Gasteiger partial charge is 0.398 e. The van der Waals surface area contributed by atoms with Gasteiger partial charge in [-0.2, -0.15) is 0 Å². The maximum Gasteiger partial charge on any atom is 0.242 e. The topological polar surface area (TPSA) is 72.2 Å². The number of hydrogen-bond donors (Lipinski definition) is 2. The van der Waals surface area contributed by atoms with E-state index in [1.54, 1.807) is 12.1 Å². The summed E-state index contributed by atoms with van der Waals surface area (Å²) in [6.45, 7) is 0. The molecule has 4 nitrogen and oxygen atoms in total. The van der Waals surface area contributed by atoms with Crippen LogP contribution >= 0.6 is 15.9 Å². The van der Waals surface area contributed by atoms with Crippen LogP contribution in [0.1, 0.15) is 11.1 Å². The van der Waals surface area contributed by atoms with E-state index in [4.69, 9.17) is 5.73 Å². The first-order chi connectivity index (χ1) is 9.95. The lowest BCUT2D eigenvalue weighted by atomic mass is 10.1. The van der Waals surface area contributed by atoms with Crippen molar-refractivity contribution in [3.05, 3.63) is 58.1 Å². The molecule has 0 saturated heterocycles. The number of nitrogens with one attached hydrogen (secondary N) is 1. The number of hydrogen-bond acceptors (Lipinski definition) is 3. The number of nitrogen functional groups attached to an aromatic ring is 1. The van der Waals surface area contributed by atoms with Crippen LogP contribution in [0.2, 0.25) is 0 Å². The van der Waals surface area contributed by atoms with Crippen LogP contribution in [-0.4, -0.2) is 14.5 Å². The Kier molecular flexibility index (Phi) is 3.77. The van der Waals surface area contributed by atoms with Gasteiger partial charge in [-0.15, -0.1) is 0 Å². The minimum Gasteiger partial charge on any atom is -0.398 e. The lowest BCUT2D eigenvalue weighted by molar-refractivity contribution is 0.556. The summed E-state index contributed by atoms with van der Waals surface area (Å²) in [6.07, 6.45) is 1.42. The molecule has 0 heterocycles. The van der Waals surface area contributed by atoms with Crippen LogP contribution in [0.15, 0.2) is 51.8 Å². The van der Waals surface area contributed by atoms with Gasteiger partial charge in [-0.25, -0.2) is 13.1 Å². The molecule has 1 aliphatic rings. The third kappa shape index (κ3) is 2.97. The molecule has 1 aliphatic carbocycles. The summed E-state index contributed by atoms with van der Waals surface area (Å²) >= 11 is 3.28. The second-order valence-electron chi connectivity index (χ2n) is 5.18. The van der Waals surface area contributed by atoms with Gasteiger partial charge < -0.3 is 5.73 Å². The van der Waals surface area contributed by atoms with Crippen molar-refractivity contribution in [3.8, 4) is 0 Å². The van der Waals surface area contributed by atoms with Gasteiger partial charge in [-0.05, 0) is 42.2 Å². The molecule has 0 aromatic heterocycles. The molecular weight excluding hydrogens is 352 g/mol. The highest BCUT2D eigenvalue weighted by Gasteiger charge is 2.27. The van der Waals surface area contributed by atoms with E-state index in [2.05, 4.69) is 20.7 Å². The molecule has 21 heavy (non-hydrogen) atoms. The van der Waals surface area contributed by atoms with Gasteiger partial charge in [0.05, 0.1) is 5.69 Å². The zero-order valence-corrected chi connectivity index (χ0v) is 13.6. The minimum absolute atomic E-state index is 0.118. The van der Waals surface area contributed by atoms with Crippen LogP contribution in [0.4, 0.5) is 5.69 Å². The third-order valence-electron chi connectivity index (χ3n) is 3.64. The normalized spacial score (nSPS) is 15.1. The first-order valence-corrected chi connectivity index (χ1v) is 8.87. The van der Waals surface area contributed by atoms with Crippen molar-refractivity contribution in [1.29, 1.82) is 0 Å². The summed E-state index contributed by atoms with van der Waals surface area (Å²) in [6, 6.07) is 12.7. The highest BCUT2D eigenvalue weighted by molar-refractivity contribution is 9.10. The van der Waals surface area contributed by atoms with Crippen LogP contribution < -0.4 is 10.5 Å². The molecule has 2 aromatic rings. The summed E-state index contributed by atoms with van der Waals surface area (Å²) in [5.41, 5.74) is 8.45. The molecule has 3 N–H and O–H groups in total. The van der Waals surface area contributed by atoms with Gasteiger partial charge in [0.2, 0.25) is 10.0 Å². The Hall–Kier alpha value is -1.37. The van der Waals surface area contributed by atoms with E-state index in [9.17, 15) is 8.42 Å². The summed E-state index contributed by atoms with van der Waals surface area (Å²) in [4.78, 5) is 0.118. The van der Waals surface area contributed by atoms with Crippen molar-refractivity contribution >= 4 is 31.6 Å². The minimum atomic E-state index is -3.62. The molecule has 0 saturated carbocycles. The van der Waals surface area contributed by atoms with Crippen molar-refractivity contribution in [2.24, 2.45) is 0 Å². The zero-order chi connectivity index (χ0) is 15.0. The molecule has 0 bridgehead atoms. The van der Waals surface area contributed by atoms with Gasteiger partial charge in [0.1, 0.15) is 4.90 Å². The standard InChI is InChI=1S/C15H15BrN2O2S/c16-12-5-6-14(17)15(9-12)21(19,20)18-13-7-10-3-1-2-4-11(10)8-13/h1-6,9,13,18H,7-8,17H2. The molecule has 0 atom stereocenters. The number of rotatable bonds is 3. The molecule has 6 heteroatoms. The number of nitrogens with two attached hydrogens (primary N) is 1. The van der Waals surface area contributed by atoms with Gasteiger partial charge in [-0.3, -0.25) is 0 Å². The summed E-state index contributed by atoms with van der Waals surface area (Å²) < 4.78 is 28.4. The first kappa shape index (κ1) is 14.6. The molecule has 0 radical (unpaired) electrons. The predicted octanol–water partition coefficient (Wildman–Crippen LogP) is 2.48. The smallest absolute Gasteiger partial charge is 0.242 e. The van der Waals surface area contributed by atoms with Crippen LogP contribution in [0.25, 0.3) is 0 Å². The molecule has 3 rings (SSSR count). The Balaban J connectivity index is 1.84. The Morgan fingerprint density at radius 1 is 1.10 bits per heavy atom. The summed E-state index contributed by atoms with van der Waals surface area (Å²) in [7, 11) is -3.62. The van der Waals surface area contributed by atoms with E-state index in [-0.39, 0.29) is 16.6 Å². The molecule has 2 aromatic carbocycles. The molecular formula is C15H15BrN2O2S. The maximum atomic E-state index is 12.5. The number of sulfonamides is 1. The SMILES string of the molecule is Nc1ccc(Br)cc1S(=O)(=O)NC1Cc2ccccc2C1. The second kappa shape index (κ2) is 5.44. The lowest BCUT2D eigenvalue weighted by Crippen LogP contribution is -2.35. The zero-order valence-electron chi connectivity index (χ0n) is 11.2. The van der Waals surface area contributed by atoms with E-state index in [0.717, 1.165) is 0 Å². The van der Waals surface area contributed by atoms with Gasteiger partial charge in [0.15, 0.2) is 0 Å². The highest BCUT2D eigenvalue weighted by Crippen LogP contribution is 2.26. The average molecular weight is 367 g/mol. The van der Waals surface area contributed by atoms with E-state index < -0.39 is 10.0 Å². The van der Waals surface area contributed by atoms with Crippen LogP contribution in [0.5, 0.6) is 0 Å². The molecule has 0 amide bonds. The van der Waals surface area contributed by atoms with Crippen molar-refractivity contribution in [2.75, 3.05) is 5.73 Å². The number of benzene rings is 2. The van der Waals surface area contributed by atoms with E-state index in [1.165, 1.54) is 17.2 Å². The van der Waals surface area contributed by atoms with Gasteiger partial charge in [0, 0.05) is 10.5 Å². The van der Waals surface area contributed by atoms with Crippen molar-refractivity contribution in [2.45, 2.75) is 23.8 Å². The monoisotopic (exact) mass is 366 g/mol. The van der Waals surface area contributed by atoms with E-state index >= 15 is 0 Å². The average Bonchev–Trinajstić information content (AvgIpc) is 2.82. The van der Waals surface area contributed by atoms with Crippen molar-refractivity contribution in [3.63, 3.8) is 0 Å². The molecule has 0 unspecified atom stereocenters. The Morgan fingerprint density at radius 2 is 1.71 bits per heavy atom. The Bertz CT molecular complexity index is 765. The lowest BCUT2D eigenvalue weighted by Gasteiger charge is -2.14. The number of halogens is 1. The first-order valence-electron chi connectivity index (χ1n) is 6.60. The molecule has 0 fully saturated rings. The Labute approximate surface area is 132 Å². The van der Waals surface area contributed by atoms with Gasteiger partial charge in [-0.1, -0.05) is 40.2 Å². The van der Waals surface area contributed by atoms with E-state index in [1.807, 2.05) is 24.3 Å². The fourth-order valence-corrected chi connectivity index (χ4v) is 4.57.